The summed E-state index contributed by atoms with van der Waals surface area (Å²) in [5.74, 6) is 3.32. The topological polar surface area (TPSA) is 93.9 Å². The molecule has 3 aromatic rings. The van der Waals surface area contributed by atoms with Crippen molar-refractivity contribution in [2.24, 2.45) is 0 Å². The third-order valence-corrected chi connectivity index (χ3v) is 5.15. The normalized spacial score (nSPS) is 13.6. The van der Waals surface area contributed by atoms with Gasteiger partial charge in [0.25, 0.3) is 5.95 Å². The van der Waals surface area contributed by atoms with E-state index in [-0.39, 0.29) is 0 Å². The molecule has 1 aromatic carbocycles. The number of hydrogen-bond acceptors (Lipinski definition) is 9. The van der Waals surface area contributed by atoms with E-state index < -0.39 is 0 Å². The number of aromatic nitrogens is 6. The Hall–Kier alpha value is -2.88. The van der Waals surface area contributed by atoms with E-state index in [0.717, 1.165) is 44.0 Å². The van der Waals surface area contributed by atoms with Gasteiger partial charge in [-0.05, 0) is 31.9 Å². The molecular weight excluding hydrogens is 388 g/mol. The molecule has 1 fully saturated rings. The summed E-state index contributed by atoms with van der Waals surface area (Å²) in [6.45, 7) is 5.27. The summed E-state index contributed by atoms with van der Waals surface area (Å²) in [6, 6.07) is 9.77. The SMILES string of the molecule is CCNc1nc(N2CCCC2)nc(-n2cnc(SCCOc3ccccc3)n2)n1. The molecule has 1 aliphatic rings. The van der Waals surface area contributed by atoms with Crippen molar-refractivity contribution in [3.05, 3.63) is 36.7 Å². The minimum atomic E-state index is 0.470. The van der Waals surface area contributed by atoms with Gasteiger partial charge in [0.2, 0.25) is 17.1 Å². The Balaban J connectivity index is 1.41. The standard InChI is InChI=1S/C19H24N8OS/c1-2-20-16-22-17(26-10-6-7-11-26)24-18(23-16)27-14-21-19(25-27)29-13-12-28-15-8-4-3-5-9-15/h3-5,8-9,14H,2,6-7,10-13H2,1H3,(H,20,22,23,24). The summed E-state index contributed by atoms with van der Waals surface area (Å²) in [4.78, 5) is 20.2. The van der Waals surface area contributed by atoms with Crippen LogP contribution in [0.3, 0.4) is 0 Å². The van der Waals surface area contributed by atoms with Gasteiger partial charge >= 0.3 is 0 Å². The van der Waals surface area contributed by atoms with Gasteiger partial charge in [-0.3, -0.25) is 0 Å². The van der Waals surface area contributed by atoms with Crippen molar-refractivity contribution in [3.63, 3.8) is 0 Å². The summed E-state index contributed by atoms with van der Waals surface area (Å²) in [7, 11) is 0. The number of nitrogens with zero attached hydrogens (tertiary/aromatic N) is 7. The van der Waals surface area contributed by atoms with Gasteiger partial charge in [0.05, 0.1) is 6.61 Å². The molecule has 1 aliphatic heterocycles. The van der Waals surface area contributed by atoms with Crippen LogP contribution >= 0.6 is 11.8 Å². The highest BCUT2D eigenvalue weighted by Crippen LogP contribution is 2.19. The Bertz CT molecular complexity index is 914. The molecule has 0 spiro atoms. The summed E-state index contributed by atoms with van der Waals surface area (Å²) in [5.41, 5.74) is 0. The molecule has 0 saturated carbocycles. The van der Waals surface area contributed by atoms with Gasteiger partial charge in [-0.2, -0.15) is 19.6 Å². The third-order valence-electron chi connectivity index (χ3n) is 4.34. The van der Waals surface area contributed by atoms with E-state index in [1.54, 1.807) is 11.0 Å². The Morgan fingerprint density at radius 2 is 1.86 bits per heavy atom. The van der Waals surface area contributed by atoms with Gasteiger partial charge in [-0.25, -0.2) is 4.98 Å². The van der Waals surface area contributed by atoms with E-state index in [1.165, 1.54) is 11.8 Å². The number of hydrogen-bond donors (Lipinski definition) is 1. The number of ether oxygens (including phenoxy) is 1. The third kappa shape index (κ3) is 5.14. The Morgan fingerprint density at radius 3 is 2.66 bits per heavy atom. The lowest BCUT2D eigenvalue weighted by atomic mass is 10.3. The molecule has 29 heavy (non-hydrogen) atoms. The predicted octanol–water partition coefficient (Wildman–Crippen LogP) is 2.66. The molecule has 9 nitrogen and oxygen atoms in total. The molecule has 0 amide bonds. The monoisotopic (exact) mass is 412 g/mol. The molecule has 152 valence electrons. The predicted molar refractivity (Wildman–Crippen MR) is 113 cm³/mol. The van der Waals surface area contributed by atoms with Gasteiger partial charge in [0, 0.05) is 25.4 Å². The molecule has 0 aliphatic carbocycles. The number of thioether (sulfide) groups is 1. The van der Waals surface area contributed by atoms with Gasteiger partial charge in [-0.1, -0.05) is 30.0 Å². The first-order chi connectivity index (χ1) is 14.3. The quantitative estimate of drug-likeness (QED) is 0.420. The molecule has 3 heterocycles. The fourth-order valence-corrected chi connectivity index (χ4v) is 3.59. The number of para-hydroxylation sites is 1. The lowest BCUT2D eigenvalue weighted by Gasteiger charge is -2.16. The summed E-state index contributed by atoms with van der Waals surface area (Å²) in [5, 5.41) is 8.34. The van der Waals surface area contributed by atoms with E-state index in [9.17, 15) is 0 Å². The number of benzene rings is 1. The average molecular weight is 413 g/mol. The molecule has 2 aromatic heterocycles. The Labute approximate surface area is 173 Å². The van der Waals surface area contributed by atoms with Gasteiger partial charge in [0.15, 0.2) is 0 Å². The summed E-state index contributed by atoms with van der Waals surface area (Å²) >= 11 is 1.53. The zero-order chi connectivity index (χ0) is 19.9. The van der Waals surface area contributed by atoms with E-state index in [4.69, 9.17) is 4.74 Å². The van der Waals surface area contributed by atoms with E-state index in [2.05, 4.69) is 35.3 Å². The van der Waals surface area contributed by atoms with E-state index in [1.807, 2.05) is 37.3 Å². The van der Waals surface area contributed by atoms with Crippen LogP contribution in [-0.2, 0) is 0 Å². The lowest BCUT2D eigenvalue weighted by molar-refractivity contribution is 0.344. The van der Waals surface area contributed by atoms with Crippen LogP contribution in [0.5, 0.6) is 5.75 Å². The van der Waals surface area contributed by atoms with Crippen molar-refractivity contribution < 1.29 is 4.74 Å². The van der Waals surface area contributed by atoms with Crippen LogP contribution in [0.4, 0.5) is 11.9 Å². The Kier molecular flexibility index (Phi) is 6.40. The second kappa shape index (κ2) is 9.55. The maximum atomic E-state index is 5.70. The largest absolute Gasteiger partial charge is 0.493 e. The molecule has 0 bridgehead atoms. The van der Waals surface area contributed by atoms with Crippen molar-refractivity contribution in [2.75, 3.05) is 42.2 Å². The van der Waals surface area contributed by atoms with Crippen LogP contribution in [0.1, 0.15) is 19.8 Å². The molecule has 1 saturated heterocycles. The fourth-order valence-electron chi connectivity index (χ4n) is 2.97. The van der Waals surface area contributed by atoms with Crippen molar-refractivity contribution in [1.82, 2.24) is 29.7 Å². The second-order valence-corrected chi connectivity index (χ2v) is 7.53. The zero-order valence-corrected chi connectivity index (χ0v) is 17.2. The molecule has 0 radical (unpaired) electrons. The maximum absolute atomic E-state index is 5.70. The van der Waals surface area contributed by atoms with Crippen LogP contribution in [0.2, 0.25) is 0 Å². The molecule has 1 N–H and O–H groups in total. The van der Waals surface area contributed by atoms with Gasteiger partial charge < -0.3 is 15.0 Å². The summed E-state index contributed by atoms with van der Waals surface area (Å²) in [6.07, 6.45) is 3.96. The molecule has 4 rings (SSSR count). The number of anilines is 2. The highest BCUT2D eigenvalue weighted by Gasteiger charge is 2.18. The van der Waals surface area contributed by atoms with Crippen molar-refractivity contribution in [2.45, 2.75) is 24.9 Å². The molecule has 0 atom stereocenters. The number of rotatable bonds is 9. The first-order valence-electron chi connectivity index (χ1n) is 9.79. The lowest BCUT2D eigenvalue weighted by Crippen LogP contribution is -2.22. The average Bonchev–Trinajstić information content (AvgIpc) is 3.44. The zero-order valence-electron chi connectivity index (χ0n) is 16.4. The first-order valence-corrected chi connectivity index (χ1v) is 10.8. The molecule has 10 heteroatoms. The first kappa shape index (κ1) is 19.4. The molecular formula is C19H24N8OS. The minimum Gasteiger partial charge on any atom is -0.493 e. The maximum Gasteiger partial charge on any atom is 0.258 e. The number of nitrogens with one attached hydrogen (secondary N) is 1. The van der Waals surface area contributed by atoms with E-state index in [0.29, 0.717) is 29.6 Å². The smallest absolute Gasteiger partial charge is 0.258 e. The highest BCUT2D eigenvalue weighted by molar-refractivity contribution is 7.99. The van der Waals surface area contributed by atoms with Crippen molar-refractivity contribution in [3.8, 4) is 11.7 Å². The Morgan fingerprint density at radius 1 is 1.07 bits per heavy atom. The highest BCUT2D eigenvalue weighted by atomic mass is 32.2. The van der Waals surface area contributed by atoms with Gasteiger partial charge in [-0.15, -0.1) is 5.10 Å². The van der Waals surface area contributed by atoms with Crippen LogP contribution in [-0.4, -0.2) is 61.7 Å². The van der Waals surface area contributed by atoms with Gasteiger partial charge in [0.1, 0.15) is 12.1 Å². The summed E-state index contributed by atoms with van der Waals surface area (Å²) < 4.78 is 7.30. The van der Waals surface area contributed by atoms with Crippen LogP contribution in [0.25, 0.3) is 5.95 Å². The minimum absolute atomic E-state index is 0.470. The van der Waals surface area contributed by atoms with E-state index >= 15 is 0 Å². The van der Waals surface area contributed by atoms with Crippen LogP contribution in [0.15, 0.2) is 41.8 Å². The molecule has 0 unspecified atom stereocenters. The van der Waals surface area contributed by atoms with Crippen molar-refractivity contribution in [1.29, 1.82) is 0 Å². The van der Waals surface area contributed by atoms with Crippen molar-refractivity contribution >= 4 is 23.7 Å². The fraction of sp³-hybridized carbons (Fsp3) is 0.421. The van der Waals surface area contributed by atoms with Crippen LogP contribution < -0.4 is 15.0 Å². The second-order valence-electron chi connectivity index (χ2n) is 6.47. The van der Waals surface area contributed by atoms with Crippen LogP contribution in [0, 0.1) is 0 Å².